The summed E-state index contributed by atoms with van der Waals surface area (Å²) in [5.41, 5.74) is 2.09. The highest BCUT2D eigenvalue weighted by Crippen LogP contribution is 2.09. The van der Waals surface area contributed by atoms with Crippen LogP contribution in [0.2, 0.25) is 0 Å². The van der Waals surface area contributed by atoms with Crippen molar-refractivity contribution in [2.45, 2.75) is 5.88 Å². The van der Waals surface area contributed by atoms with E-state index in [1.54, 1.807) is 17.1 Å². The minimum atomic E-state index is 0.539. The summed E-state index contributed by atoms with van der Waals surface area (Å²) in [5, 5.41) is 7.60. The van der Waals surface area contributed by atoms with Gasteiger partial charge in [-0.2, -0.15) is 0 Å². The maximum Gasteiger partial charge on any atom is 0.0697 e. The summed E-state index contributed by atoms with van der Waals surface area (Å²) in [6, 6.07) is 7.88. The minimum Gasteiger partial charge on any atom is -0.221 e. The van der Waals surface area contributed by atoms with Gasteiger partial charge < -0.3 is 0 Å². The molecule has 2 aromatic rings. The van der Waals surface area contributed by atoms with E-state index in [2.05, 4.69) is 10.3 Å². The van der Waals surface area contributed by atoms with Gasteiger partial charge >= 0.3 is 0 Å². The van der Waals surface area contributed by atoms with Crippen LogP contribution < -0.4 is 0 Å². The minimum absolute atomic E-state index is 0.539. The third-order valence-electron chi connectivity index (χ3n) is 1.78. The average Bonchev–Trinajstić information content (AvgIpc) is 2.71. The van der Waals surface area contributed by atoms with Crippen LogP contribution in [0.1, 0.15) is 5.56 Å². The van der Waals surface area contributed by atoms with E-state index in [1.165, 1.54) is 0 Å². The van der Waals surface area contributed by atoms with Crippen LogP contribution in [0.15, 0.2) is 36.7 Å². The number of nitrogens with zero attached hydrogens (tertiary/aromatic N) is 3. The fourth-order valence-electron chi connectivity index (χ4n) is 1.08. The normalized spacial score (nSPS) is 10.2. The van der Waals surface area contributed by atoms with Gasteiger partial charge in [0.1, 0.15) is 0 Å². The number of hydrogen-bond donors (Lipinski definition) is 0. The Morgan fingerprint density at radius 1 is 1.23 bits per heavy atom. The lowest BCUT2D eigenvalue weighted by atomic mass is 10.2. The van der Waals surface area contributed by atoms with Gasteiger partial charge in [0.25, 0.3) is 0 Å². The topological polar surface area (TPSA) is 30.7 Å². The smallest absolute Gasteiger partial charge is 0.0697 e. The Labute approximate surface area is 81.0 Å². The Bertz CT molecular complexity index is 366. The summed E-state index contributed by atoms with van der Waals surface area (Å²) in [7, 11) is 0. The van der Waals surface area contributed by atoms with Crippen LogP contribution >= 0.6 is 11.6 Å². The van der Waals surface area contributed by atoms with Gasteiger partial charge in [-0.1, -0.05) is 17.3 Å². The predicted octanol–water partition coefficient (Wildman–Crippen LogP) is 2.01. The molecule has 13 heavy (non-hydrogen) atoms. The molecule has 2 rings (SSSR count). The molecule has 0 atom stereocenters. The molecular weight excluding hydrogens is 186 g/mol. The molecular formula is C9H8ClN3. The molecule has 0 saturated heterocycles. The van der Waals surface area contributed by atoms with Gasteiger partial charge in [-0.25, -0.2) is 4.68 Å². The Hall–Kier alpha value is -1.35. The Balaban J connectivity index is 2.33. The zero-order valence-electron chi connectivity index (χ0n) is 6.89. The molecule has 1 aromatic heterocycles. The third kappa shape index (κ3) is 1.70. The average molecular weight is 194 g/mol. The molecule has 66 valence electrons. The fraction of sp³-hybridized carbons (Fsp3) is 0.111. The van der Waals surface area contributed by atoms with Gasteiger partial charge in [0, 0.05) is 5.88 Å². The van der Waals surface area contributed by atoms with Crippen molar-refractivity contribution in [2.24, 2.45) is 0 Å². The molecule has 1 aromatic carbocycles. The summed E-state index contributed by atoms with van der Waals surface area (Å²) in [6.45, 7) is 0. The predicted molar refractivity (Wildman–Crippen MR) is 50.9 cm³/mol. The molecule has 0 aliphatic rings. The second kappa shape index (κ2) is 3.58. The Morgan fingerprint density at radius 3 is 2.54 bits per heavy atom. The van der Waals surface area contributed by atoms with Gasteiger partial charge in [-0.3, -0.25) is 0 Å². The number of benzene rings is 1. The van der Waals surface area contributed by atoms with E-state index in [4.69, 9.17) is 11.6 Å². The first-order valence-electron chi connectivity index (χ1n) is 3.92. The number of hydrogen-bond acceptors (Lipinski definition) is 2. The highest BCUT2D eigenvalue weighted by Gasteiger charge is 1.95. The number of alkyl halides is 1. The van der Waals surface area contributed by atoms with E-state index in [1.807, 2.05) is 24.3 Å². The fourth-order valence-corrected chi connectivity index (χ4v) is 1.26. The van der Waals surface area contributed by atoms with Crippen molar-refractivity contribution in [1.82, 2.24) is 15.0 Å². The largest absolute Gasteiger partial charge is 0.221 e. The van der Waals surface area contributed by atoms with Crippen molar-refractivity contribution in [1.29, 1.82) is 0 Å². The second-order valence-electron chi connectivity index (χ2n) is 2.65. The van der Waals surface area contributed by atoms with Crippen LogP contribution in [0, 0.1) is 0 Å². The first kappa shape index (κ1) is 8.26. The summed E-state index contributed by atoms with van der Waals surface area (Å²) in [5.74, 6) is 0.539. The zero-order valence-corrected chi connectivity index (χ0v) is 7.65. The number of rotatable bonds is 2. The first-order valence-corrected chi connectivity index (χ1v) is 4.45. The van der Waals surface area contributed by atoms with Crippen molar-refractivity contribution >= 4 is 11.6 Å². The van der Waals surface area contributed by atoms with Gasteiger partial charge in [0.2, 0.25) is 0 Å². The monoisotopic (exact) mass is 193 g/mol. The van der Waals surface area contributed by atoms with E-state index < -0.39 is 0 Å². The second-order valence-corrected chi connectivity index (χ2v) is 2.91. The zero-order chi connectivity index (χ0) is 9.10. The molecule has 4 heteroatoms. The van der Waals surface area contributed by atoms with Crippen LogP contribution in [-0.2, 0) is 5.88 Å². The SMILES string of the molecule is ClCc1ccc(-n2ccnn2)cc1. The van der Waals surface area contributed by atoms with Gasteiger partial charge in [-0.15, -0.1) is 16.7 Å². The summed E-state index contributed by atoms with van der Waals surface area (Å²) in [4.78, 5) is 0. The molecule has 0 aliphatic carbocycles. The third-order valence-corrected chi connectivity index (χ3v) is 2.09. The maximum atomic E-state index is 5.67. The van der Waals surface area contributed by atoms with Gasteiger partial charge in [0.15, 0.2) is 0 Å². The van der Waals surface area contributed by atoms with E-state index >= 15 is 0 Å². The van der Waals surface area contributed by atoms with E-state index in [0.717, 1.165) is 11.3 Å². The highest BCUT2D eigenvalue weighted by atomic mass is 35.5. The Morgan fingerprint density at radius 2 is 2.00 bits per heavy atom. The van der Waals surface area contributed by atoms with Crippen LogP contribution in [0.4, 0.5) is 0 Å². The summed E-state index contributed by atoms with van der Waals surface area (Å²) >= 11 is 5.67. The molecule has 0 saturated carbocycles. The molecule has 0 radical (unpaired) electrons. The molecule has 1 heterocycles. The maximum absolute atomic E-state index is 5.67. The molecule has 0 N–H and O–H groups in total. The van der Waals surface area contributed by atoms with Crippen LogP contribution in [0.3, 0.4) is 0 Å². The van der Waals surface area contributed by atoms with Crippen LogP contribution in [0.5, 0.6) is 0 Å². The molecule has 0 fully saturated rings. The number of aromatic nitrogens is 3. The van der Waals surface area contributed by atoms with E-state index in [-0.39, 0.29) is 0 Å². The molecule has 0 bridgehead atoms. The molecule has 0 amide bonds. The van der Waals surface area contributed by atoms with Crippen molar-refractivity contribution in [3.63, 3.8) is 0 Å². The molecule has 0 aliphatic heterocycles. The standard InChI is InChI=1S/C9H8ClN3/c10-7-8-1-3-9(4-2-8)13-6-5-11-12-13/h1-6H,7H2. The molecule has 3 nitrogen and oxygen atoms in total. The lowest BCUT2D eigenvalue weighted by Crippen LogP contribution is -1.94. The highest BCUT2D eigenvalue weighted by molar-refractivity contribution is 6.17. The lowest BCUT2D eigenvalue weighted by molar-refractivity contribution is 0.803. The van der Waals surface area contributed by atoms with Gasteiger partial charge in [-0.05, 0) is 17.7 Å². The lowest BCUT2D eigenvalue weighted by Gasteiger charge is -2.00. The summed E-state index contributed by atoms with van der Waals surface area (Å²) < 4.78 is 1.71. The van der Waals surface area contributed by atoms with Crippen LogP contribution in [0.25, 0.3) is 5.69 Å². The van der Waals surface area contributed by atoms with E-state index in [9.17, 15) is 0 Å². The Kier molecular flexibility index (Phi) is 2.27. The quantitative estimate of drug-likeness (QED) is 0.684. The van der Waals surface area contributed by atoms with Crippen molar-refractivity contribution in [2.75, 3.05) is 0 Å². The van der Waals surface area contributed by atoms with Crippen molar-refractivity contribution < 1.29 is 0 Å². The molecule has 0 unspecified atom stereocenters. The molecule has 0 spiro atoms. The summed E-state index contributed by atoms with van der Waals surface area (Å²) in [6.07, 6.45) is 3.45. The van der Waals surface area contributed by atoms with Crippen LogP contribution in [-0.4, -0.2) is 15.0 Å². The van der Waals surface area contributed by atoms with Gasteiger partial charge in [0.05, 0.1) is 18.1 Å². The van der Waals surface area contributed by atoms with Crippen molar-refractivity contribution in [3.05, 3.63) is 42.2 Å². The number of halogens is 1. The first-order chi connectivity index (χ1) is 6.40. The van der Waals surface area contributed by atoms with E-state index in [0.29, 0.717) is 5.88 Å². The van der Waals surface area contributed by atoms with Crippen molar-refractivity contribution in [3.8, 4) is 5.69 Å².